The van der Waals surface area contributed by atoms with Crippen LogP contribution in [0.5, 0.6) is 0 Å². The average molecular weight is 634 g/mol. The van der Waals surface area contributed by atoms with Gasteiger partial charge in [0.1, 0.15) is 11.5 Å². The highest BCUT2D eigenvalue weighted by Crippen LogP contribution is 2.56. The maximum absolute atomic E-state index is 12.1. The van der Waals surface area contributed by atoms with Crippen molar-refractivity contribution in [2.75, 3.05) is 18.0 Å². The zero-order chi connectivity index (χ0) is 30.1. The zero-order valence-electron chi connectivity index (χ0n) is 24.5. The van der Waals surface area contributed by atoms with Gasteiger partial charge in [-0.05, 0) is 82.4 Å². The van der Waals surface area contributed by atoms with Crippen molar-refractivity contribution in [3.63, 3.8) is 0 Å². The number of aromatic nitrogens is 3. The van der Waals surface area contributed by atoms with Crippen LogP contribution < -0.4 is 4.90 Å². The summed E-state index contributed by atoms with van der Waals surface area (Å²) in [7, 11) is 0. The number of carboxylic acid groups (broad SMARTS) is 1. The first-order chi connectivity index (χ1) is 21.4. The number of anilines is 1. The van der Waals surface area contributed by atoms with Crippen LogP contribution >= 0.6 is 23.2 Å². The van der Waals surface area contributed by atoms with Crippen LogP contribution in [-0.4, -0.2) is 44.9 Å². The van der Waals surface area contributed by atoms with Crippen LogP contribution in [-0.2, 0) is 16.8 Å². The van der Waals surface area contributed by atoms with E-state index in [1.807, 2.05) is 12.1 Å². The predicted octanol–water partition coefficient (Wildman–Crippen LogP) is 8.33. The molecule has 8 nitrogen and oxygen atoms in total. The van der Waals surface area contributed by atoms with Gasteiger partial charge in [0, 0.05) is 59.0 Å². The number of pyridine rings is 2. The fourth-order valence-corrected chi connectivity index (χ4v) is 8.38. The van der Waals surface area contributed by atoms with Gasteiger partial charge in [0.2, 0.25) is 0 Å². The van der Waals surface area contributed by atoms with Crippen molar-refractivity contribution in [1.29, 1.82) is 0 Å². The Morgan fingerprint density at radius 2 is 1.70 bits per heavy atom. The molecule has 44 heavy (non-hydrogen) atoms. The summed E-state index contributed by atoms with van der Waals surface area (Å²) < 4.78 is 12.7. The molecule has 4 aromatic rings. The minimum atomic E-state index is -0.915. The third-order valence-electron chi connectivity index (χ3n) is 10.6. The van der Waals surface area contributed by atoms with Crippen LogP contribution in [0.15, 0.2) is 41.2 Å². The maximum Gasteiger partial charge on any atom is 0.336 e. The lowest BCUT2D eigenvalue weighted by molar-refractivity contribution is -0.127. The van der Waals surface area contributed by atoms with Gasteiger partial charge in [-0.2, -0.15) is 0 Å². The van der Waals surface area contributed by atoms with Crippen molar-refractivity contribution in [3.05, 3.63) is 69.3 Å². The van der Waals surface area contributed by atoms with Crippen molar-refractivity contribution < 1.29 is 19.2 Å². The molecule has 4 saturated carbocycles. The van der Waals surface area contributed by atoms with Crippen molar-refractivity contribution in [3.8, 4) is 11.3 Å². The molecule has 9 rings (SSSR count). The van der Waals surface area contributed by atoms with Crippen LogP contribution in [0.4, 0.5) is 5.69 Å². The molecule has 4 aliphatic carbocycles. The molecular weight excluding hydrogens is 599 g/mol. The van der Waals surface area contributed by atoms with Crippen molar-refractivity contribution >= 4 is 45.8 Å². The SMILES string of the molecule is O=C(O)c1ccc(N2CCCC2)c2nc(C34CCC(OCc5c(-c6c(Cl)cncc6Cl)noc5C5CC5)(CC3)CC4)ccc12. The average Bonchev–Trinajstić information content (AvgIpc) is 3.57. The van der Waals surface area contributed by atoms with Gasteiger partial charge in [-0.3, -0.25) is 9.97 Å². The molecule has 1 saturated heterocycles. The number of halogens is 2. The van der Waals surface area contributed by atoms with Crippen LogP contribution in [0.3, 0.4) is 0 Å². The summed E-state index contributed by atoms with van der Waals surface area (Å²) in [5.74, 6) is 0.335. The smallest absolute Gasteiger partial charge is 0.336 e. The Balaban J connectivity index is 1.06. The summed E-state index contributed by atoms with van der Waals surface area (Å²) in [4.78, 5) is 23.8. The number of rotatable bonds is 8. The number of hydrogen-bond donors (Lipinski definition) is 1. The molecular formula is C34H34Cl2N4O4. The molecule has 0 radical (unpaired) electrons. The first kappa shape index (κ1) is 28.3. The molecule has 3 aromatic heterocycles. The Morgan fingerprint density at radius 3 is 2.36 bits per heavy atom. The number of fused-ring (bicyclic) bond motifs is 4. The first-order valence-corrected chi connectivity index (χ1v) is 16.5. The summed E-state index contributed by atoms with van der Waals surface area (Å²) in [5, 5.41) is 15.9. The molecule has 0 amide bonds. The molecule has 1 aliphatic heterocycles. The number of benzene rings is 1. The van der Waals surface area contributed by atoms with E-state index in [2.05, 4.69) is 21.1 Å². The van der Waals surface area contributed by atoms with E-state index < -0.39 is 5.97 Å². The fourth-order valence-electron chi connectivity index (χ4n) is 7.84. The standard InChI is InChI=1S/C34H34Cl2N4O4/c35-24-17-37-18-25(36)28(24)30-23(31(44-39-30)20-3-4-20)19-43-34-12-9-33(10-13-34,11-14-34)27-8-6-21-22(32(41)42)5-7-26(29(21)38-27)40-15-1-2-16-40/h5-8,17-18,20H,1-4,9-16,19H2,(H,41,42). The second-order valence-electron chi connectivity index (χ2n) is 13.1. The van der Waals surface area contributed by atoms with Gasteiger partial charge in [-0.15, -0.1) is 0 Å². The fraction of sp³-hybridized carbons (Fsp3) is 0.471. The van der Waals surface area contributed by atoms with E-state index in [9.17, 15) is 9.90 Å². The molecule has 10 heteroatoms. The van der Waals surface area contributed by atoms with Gasteiger partial charge >= 0.3 is 5.97 Å². The minimum absolute atomic E-state index is 0.0274. The number of carboxylic acids is 1. The molecule has 2 bridgehead atoms. The number of carbonyl (C=O) groups is 1. The normalized spacial score (nSPS) is 24.8. The second-order valence-corrected chi connectivity index (χ2v) is 13.9. The van der Waals surface area contributed by atoms with Gasteiger partial charge in [-0.1, -0.05) is 34.4 Å². The van der Waals surface area contributed by atoms with Crippen LogP contribution in [0.1, 0.15) is 97.5 Å². The van der Waals surface area contributed by atoms with Gasteiger partial charge in [0.25, 0.3) is 0 Å². The minimum Gasteiger partial charge on any atom is -0.478 e. The molecule has 0 spiro atoms. The highest BCUT2D eigenvalue weighted by Gasteiger charge is 2.51. The van der Waals surface area contributed by atoms with E-state index >= 15 is 0 Å². The van der Waals surface area contributed by atoms with E-state index in [1.54, 1.807) is 18.5 Å². The lowest BCUT2D eigenvalue weighted by Gasteiger charge is -2.53. The summed E-state index contributed by atoms with van der Waals surface area (Å²) in [6.45, 7) is 2.36. The van der Waals surface area contributed by atoms with E-state index in [4.69, 9.17) is 37.4 Å². The second kappa shape index (κ2) is 10.7. The third-order valence-corrected chi connectivity index (χ3v) is 11.2. The summed E-state index contributed by atoms with van der Waals surface area (Å²) in [6.07, 6.45) is 13.4. The van der Waals surface area contributed by atoms with Crippen molar-refractivity contribution in [2.24, 2.45) is 0 Å². The molecule has 5 aliphatic rings. The number of ether oxygens (including phenoxy) is 1. The van der Waals surface area contributed by atoms with E-state index in [1.165, 1.54) is 0 Å². The molecule has 0 atom stereocenters. The number of nitrogens with zero attached hydrogens (tertiary/aromatic N) is 4. The molecule has 5 fully saturated rings. The lowest BCUT2D eigenvalue weighted by Crippen LogP contribution is -2.50. The Labute approximate surface area is 265 Å². The monoisotopic (exact) mass is 632 g/mol. The topological polar surface area (TPSA) is 102 Å². The van der Waals surface area contributed by atoms with Crippen molar-refractivity contribution in [2.45, 2.75) is 87.7 Å². The summed E-state index contributed by atoms with van der Waals surface area (Å²) in [5.41, 5.74) is 5.26. The Hall–Kier alpha value is -3.20. The summed E-state index contributed by atoms with van der Waals surface area (Å²) >= 11 is 13.0. The van der Waals surface area contributed by atoms with Gasteiger partial charge in [-0.25, -0.2) is 4.79 Å². The van der Waals surface area contributed by atoms with Gasteiger partial charge in [0.05, 0.1) is 39.0 Å². The predicted molar refractivity (Wildman–Crippen MR) is 169 cm³/mol. The first-order valence-electron chi connectivity index (χ1n) is 15.7. The third kappa shape index (κ3) is 4.68. The van der Waals surface area contributed by atoms with E-state index in [0.717, 1.165) is 111 Å². The van der Waals surface area contributed by atoms with Gasteiger partial charge in [0.15, 0.2) is 0 Å². The lowest BCUT2D eigenvalue weighted by atomic mass is 9.57. The Morgan fingerprint density at radius 1 is 1.00 bits per heavy atom. The van der Waals surface area contributed by atoms with E-state index in [-0.39, 0.29) is 11.0 Å². The zero-order valence-corrected chi connectivity index (χ0v) is 26.0. The molecule has 228 valence electrons. The highest BCUT2D eigenvalue weighted by atomic mass is 35.5. The quantitative estimate of drug-likeness (QED) is 0.207. The van der Waals surface area contributed by atoms with E-state index in [0.29, 0.717) is 39.4 Å². The van der Waals surface area contributed by atoms with Crippen LogP contribution in [0.25, 0.3) is 22.2 Å². The Kier molecular flexibility index (Phi) is 6.88. The van der Waals surface area contributed by atoms with Crippen molar-refractivity contribution in [1.82, 2.24) is 15.1 Å². The van der Waals surface area contributed by atoms with Crippen LogP contribution in [0.2, 0.25) is 10.0 Å². The molecule has 0 unspecified atom stereocenters. The number of hydrogen-bond acceptors (Lipinski definition) is 7. The van der Waals surface area contributed by atoms with Gasteiger partial charge < -0.3 is 19.3 Å². The summed E-state index contributed by atoms with van der Waals surface area (Å²) in [6, 6.07) is 7.75. The molecule has 1 N–H and O–H groups in total. The number of aromatic carboxylic acids is 1. The molecule has 1 aromatic carbocycles. The molecule has 4 heterocycles. The van der Waals surface area contributed by atoms with Crippen LogP contribution in [0, 0.1) is 0 Å². The maximum atomic E-state index is 12.1. The largest absolute Gasteiger partial charge is 0.478 e. The highest BCUT2D eigenvalue weighted by molar-refractivity contribution is 6.38. The Bertz CT molecular complexity index is 1730.